The van der Waals surface area contributed by atoms with E-state index in [1.807, 2.05) is 41.4 Å². The lowest BCUT2D eigenvalue weighted by Gasteiger charge is -2.35. The van der Waals surface area contributed by atoms with Gasteiger partial charge in [-0.15, -0.1) is 0 Å². The third-order valence-electron chi connectivity index (χ3n) is 5.59. The van der Waals surface area contributed by atoms with E-state index in [4.69, 9.17) is 4.74 Å². The number of ether oxygens (including phenoxy) is 1. The zero-order chi connectivity index (χ0) is 19.3. The highest BCUT2D eigenvalue weighted by Gasteiger charge is 2.21. The second-order valence-electron chi connectivity index (χ2n) is 7.33. The van der Waals surface area contributed by atoms with Gasteiger partial charge in [-0.3, -0.25) is 9.69 Å². The number of aromatic nitrogens is 1. The number of para-hydroxylation sites is 2. The molecule has 146 valence electrons. The zero-order valence-corrected chi connectivity index (χ0v) is 16.4. The lowest BCUT2D eigenvalue weighted by atomic mass is 10.1. The van der Waals surface area contributed by atoms with Gasteiger partial charge in [0.05, 0.1) is 7.11 Å². The molecule has 2 heterocycles. The number of methoxy groups -OCH3 is 1. The van der Waals surface area contributed by atoms with Crippen molar-refractivity contribution >= 4 is 16.8 Å². The van der Waals surface area contributed by atoms with Crippen LogP contribution < -0.4 is 4.74 Å². The van der Waals surface area contributed by atoms with Crippen LogP contribution in [0.15, 0.2) is 54.7 Å². The van der Waals surface area contributed by atoms with Gasteiger partial charge in [0.2, 0.25) is 5.91 Å². The van der Waals surface area contributed by atoms with Crippen LogP contribution in [0, 0.1) is 0 Å². The van der Waals surface area contributed by atoms with Crippen molar-refractivity contribution in [3.8, 4) is 5.75 Å². The number of aryl methyl sites for hydroxylation is 1. The van der Waals surface area contributed by atoms with Crippen molar-refractivity contribution in [1.82, 2.24) is 14.8 Å². The van der Waals surface area contributed by atoms with Crippen molar-refractivity contribution in [1.29, 1.82) is 0 Å². The predicted molar refractivity (Wildman–Crippen MR) is 111 cm³/mol. The number of H-pyrrole nitrogens is 1. The molecule has 2 aromatic carbocycles. The lowest BCUT2D eigenvalue weighted by Crippen LogP contribution is -2.48. The number of carbonyl (C=O) groups excluding carboxylic acids is 1. The van der Waals surface area contributed by atoms with Crippen molar-refractivity contribution in [2.24, 2.45) is 0 Å². The highest BCUT2D eigenvalue weighted by Crippen LogP contribution is 2.21. The topological polar surface area (TPSA) is 48.6 Å². The Morgan fingerprint density at radius 1 is 1.00 bits per heavy atom. The molecule has 0 radical (unpaired) electrons. The number of hydrogen-bond donors (Lipinski definition) is 1. The van der Waals surface area contributed by atoms with Gasteiger partial charge in [0.15, 0.2) is 0 Å². The van der Waals surface area contributed by atoms with Gasteiger partial charge in [-0.25, -0.2) is 0 Å². The average Bonchev–Trinajstić information content (AvgIpc) is 3.16. The molecule has 1 N–H and O–H groups in total. The van der Waals surface area contributed by atoms with E-state index in [0.29, 0.717) is 6.42 Å². The van der Waals surface area contributed by atoms with Crippen molar-refractivity contribution in [3.05, 3.63) is 65.9 Å². The van der Waals surface area contributed by atoms with Gasteiger partial charge in [0, 0.05) is 61.8 Å². The summed E-state index contributed by atoms with van der Waals surface area (Å²) < 4.78 is 5.45. The normalized spacial score (nSPS) is 15.1. The van der Waals surface area contributed by atoms with E-state index in [-0.39, 0.29) is 5.91 Å². The first-order valence-electron chi connectivity index (χ1n) is 9.91. The first-order valence-corrected chi connectivity index (χ1v) is 9.91. The molecule has 0 spiro atoms. The number of piperazine rings is 1. The Morgan fingerprint density at radius 2 is 1.75 bits per heavy atom. The maximum atomic E-state index is 12.7. The maximum absolute atomic E-state index is 12.7. The molecule has 1 saturated heterocycles. The second kappa shape index (κ2) is 8.48. The van der Waals surface area contributed by atoms with Gasteiger partial charge < -0.3 is 14.6 Å². The number of carbonyl (C=O) groups is 1. The molecule has 1 fully saturated rings. The fourth-order valence-corrected chi connectivity index (χ4v) is 3.97. The van der Waals surface area contributed by atoms with Gasteiger partial charge in [0.25, 0.3) is 0 Å². The summed E-state index contributed by atoms with van der Waals surface area (Å²) in [5.41, 5.74) is 3.55. The van der Waals surface area contributed by atoms with Crippen LogP contribution >= 0.6 is 0 Å². The van der Waals surface area contributed by atoms with E-state index >= 15 is 0 Å². The number of benzene rings is 2. The summed E-state index contributed by atoms with van der Waals surface area (Å²) in [4.78, 5) is 20.4. The van der Waals surface area contributed by atoms with Crippen molar-refractivity contribution in [2.45, 2.75) is 19.4 Å². The Kier molecular flexibility index (Phi) is 5.63. The molecule has 0 unspecified atom stereocenters. The first-order chi connectivity index (χ1) is 13.7. The van der Waals surface area contributed by atoms with Crippen molar-refractivity contribution < 1.29 is 9.53 Å². The van der Waals surface area contributed by atoms with Crippen molar-refractivity contribution in [3.63, 3.8) is 0 Å². The molecular weight excluding hydrogens is 350 g/mol. The second-order valence-corrected chi connectivity index (χ2v) is 7.33. The Balaban J connectivity index is 1.28. The molecule has 5 nitrogen and oxygen atoms in total. The van der Waals surface area contributed by atoms with Gasteiger partial charge in [-0.2, -0.15) is 0 Å². The third kappa shape index (κ3) is 4.04. The fourth-order valence-electron chi connectivity index (χ4n) is 3.97. The van der Waals surface area contributed by atoms with Crippen LogP contribution in [0.3, 0.4) is 0 Å². The summed E-state index contributed by atoms with van der Waals surface area (Å²) in [6, 6.07) is 16.4. The predicted octanol–water partition coefficient (Wildman–Crippen LogP) is 3.45. The highest BCUT2D eigenvalue weighted by atomic mass is 16.5. The number of rotatable bonds is 6. The third-order valence-corrected chi connectivity index (χ3v) is 5.59. The molecule has 5 heteroatoms. The van der Waals surface area contributed by atoms with Crippen molar-refractivity contribution in [2.75, 3.05) is 33.3 Å². The van der Waals surface area contributed by atoms with E-state index in [1.54, 1.807) is 7.11 Å². The molecular formula is C23H27N3O2. The molecule has 0 atom stereocenters. The first kappa shape index (κ1) is 18.6. The maximum Gasteiger partial charge on any atom is 0.222 e. The zero-order valence-electron chi connectivity index (χ0n) is 16.4. The molecule has 0 aliphatic carbocycles. The number of aromatic amines is 1. The number of hydrogen-bond acceptors (Lipinski definition) is 3. The number of nitrogens with zero attached hydrogens (tertiary/aromatic N) is 2. The molecule has 1 aliphatic heterocycles. The van der Waals surface area contributed by atoms with E-state index < -0.39 is 0 Å². The minimum Gasteiger partial charge on any atom is -0.496 e. The summed E-state index contributed by atoms with van der Waals surface area (Å²) in [5.74, 6) is 1.18. The quantitative estimate of drug-likeness (QED) is 0.716. The van der Waals surface area contributed by atoms with Crippen LogP contribution in [-0.2, 0) is 17.8 Å². The summed E-state index contributed by atoms with van der Waals surface area (Å²) in [5, 5.41) is 1.22. The van der Waals surface area contributed by atoms with Crippen LogP contribution in [0.5, 0.6) is 5.75 Å². The molecule has 3 aromatic rings. The van der Waals surface area contributed by atoms with Crippen LogP contribution in [-0.4, -0.2) is 54.0 Å². The molecule has 28 heavy (non-hydrogen) atoms. The summed E-state index contributed by atoms with van der Waals surface area (Å²) in [6.45, 7) is 4.25. The minimum absolute atomic E-state index is 0.252. The molecule has 1 amide bonds. The smallest absolute Gasteiger partial charge is 0.222 e. The van der Waals surface area contributed by atoms with E-state index in [1.165, 1.54) is 16.5 Å². The monoisotopic (exact) mass is 377 g/mol. The number of amides is 1. The van der Waals surface area contributed by atoms with E-state index in [0.717, 1.165) is 50.4 Å². The average molecular weight is 377 g/mol. The van der Waals surface area contributed by atoms with Gasteiger partial charge in [-0.1, -0.05) is 36.4 Å². The summed E-state index contributed by atoms with van der Waals surface area (Å²) in [7, 11) is 1.71. The standard InChI is InChI=1S/C23H27N3O2/c1-28-22-9-5-2-6-19(22)17-25-12-14-26(15-13-25)23(27)11-10-18-16-24-21-8-4-3-7-20(18)21/h2-9,16,24H,10-15,17H2,1H3. The molecule has 4 rings (SSSR count). The molecule has 0 bridgehead atoms. The Hall–Kier alpha value is -2.79. The summed E-state index contributed by atoms with van der Waals surface area (Å²) >= 11 is 0. The van der Waals surface area contributed by atoms with Crippen LogP contribution in [0.2, 0.25) is 0 Å². The Morgan fingerprint density at radius 3 is 2.57 bits per heavy atom. The molecule has 0 saturated carbocycles. The number of fused-ring (bicyclic) bond motifs is 1. The fraction of sp³-hybridized carbons (Fsp3) is 0.348. The largest absolute Gasteiger partial charge is 0.496 e. The minimum atomic E-state index is 0.252. The summed E-state index contributed by atoms with van der Waals surface area (Å²) in [6.07, 6.45) is 3.38. The Labute approximate surface area is 165 Å². The lowest BCUT2D eigenvalue weighted by molar-refractivity contribution is -0.133. The van der Waals surface area contributed by atoms with Crippen LogP contribution in [0.4, 0.5) is 0 Å². The van der Waals surface area contributed by atoms with Gasteiger partial charge in [-0.05, 0) is 24.1 Å². The van der Waals surface area contributed by atoms with E-state index in [9.17, 15) is 4.79 Å². The molecule has 1 aliphatic rings. The molecule has 1 aromatic heterocycles. The van der Waals surface area contributed by atoms with Crippen LogP contribution in [0.1, 0.15) is 17.5 Å². The van der Waals surface area contributed by atoms with E-state index in [2.05, 4.69) is 28.1 Å². The van der Waals surface area contributed by atoms with Gasteiger partial charge in [0.1, 0.15) is 5.75 Å². The van der Waals surface area contributed by atoms with Crippen LogP contribution in [0.25, 0.3) is 10.9 Å². The number of nitrogens with one attached hydrogen (secondary N) is 1. The SMILES string of the molecule is COc1ccccc1CN1CCN(C(=O)CCc2c[nH]c3ccccc23)CC1. The van der Waals surface area contributed by atoms with Gasteiger partial charge >= 0.3 is 0 Å². The highest BCUT2D eigenvalue weighted by molar-refractivity contribution is 5.84. The Bertz CT molecular complexity index is 942.